The maximum absolute atomic E-state index is 16.1. The number of aliphatic carboxylic acids is 1. The normalized spacial score (nSPS) is 17.6. The Morgan fingerprint density at radius 2 is 1.84 bits per heavy atom. The van der Waals surface area contributed by atoms with E-state index >= 15 is 4.39 Å². The first-order valence-corrected chi connectivity index (χ1v) is 17.5. The summed E-state index contributed by atoms with van der Waals surface area (Å²) in [6.07, 6.45) is 2.10. The number of carboxylic acid groups (broad SMARTS) is 1. The first-order valence-electron chi connectivity index (χ1n) is 16.7. The van der Waals surface area contributed by atoms with E-state index in [1.165, 1.54) is 7.11 Å². The van der Waals surface area contributed by atoms with Crippen molar-refractivity contribution in [1.82, 2.24) is 19.4 Å². The number of benzene rings is 3. The molecule has 2 N–H and O–H groups in total. The van der Waals surface area contributed by atoms with Crippen molar-refractivity contribution < 1.29 is 23.8 Å². The van der Waals surface area contributed by atoms with E-state index in [0.717, 1.165) is 46.7 Å². The van der Waals surface area contributed by atoms with Crippen LogP contribution in [0.2, 0.25) is 10.0 Å². The molecule has 50 heavy (non-hydrogen) atoms. The fourth-order valence-corrected chi connectivity index (χ4v) is 8.12. The molecule has 10 nitrogen and oxygen atoms in total. The first-order chi connectivity index (χ1) is 24.0. The minimum Gasteiger partial charge on any atom is -0.493 e. The van der Waals surface area contributed by atoms with E-state index in [-0.39, 0.29) is 18.2 Å². The van der Waals surface area contributed by atoms with E-state index in [4.69, 9.17) is 27.9 Å². The third kappa shape index (κ3) is 6.32. The molecular weight excluding hydrogens is 682 g/mol. The number of anilines is 2. The number of amides is 1. The number of rotatable bonds is 9. The largest absolute Gasteiger partial charge is 0.493 e. The van der Waals surface area contributed by atoms with Gasteiger partial charge in [0.15, 0.2) is 17.4 Å². The molecule has 1 atom stereocenters. The van der Waals surface area contributed by atoms with Gasteiger partial charge in [0.25, 0.3) is 5.91 Å². The van der Waals surface area contributed by atoms with Gasteiger partial charge in [0, 0.05) is 85.8 Å². The molecule has 3 aliphatic heterocycles. The molecule has 262 valence electrons. The smallest absolute Gasteiger partial charge is 0.307 e. The minimum absolute atomic E-state index is 0.125. The molecule has 1 unspecified atom stereocenters. The lowest BCUT2D eigenvalue weighted by molar-refractivity contribution is -0.141. The molecule has 1 fully saturated rings. The predicted octanol–water partition coefficient (Wildman–Crippen LogP) is 6.25. The van der Waals surface area contributed by atoms with Gasteiger partial charge in [-0.25, -0.2) is 9.37 Å². The number of fused-ring (bicyclic) bond motifs is 2. The van der Waals surface area contributed by atoms with Gasteiger partial charge in [-0.15, -0.1) is 0 Å². The lowest BCUT2D eigenvalue weighted by atomic mass is 9.97. The molecule has 1 saturated heterocycles. The number of hydrogen-bond acceptors (Lipinski definition) is 7. The van der Waals surface area contributed by atoms with Gasteiger partial charge in [-0.05, 0) is 55.8 Å². The Balaban J connectivity index is 1.12. The molecule has 0 bridgehead atoms. The fraction of sp³-hybridized carbons (Fsp3) is 0.378. The van der Waals surface area contributed by atoms with Crippen molar-refractivity contribution in [3.63, 3.8) is 0 Å². The highest BCUT2D eigenvalue weighted by atomic mass is 35.5. The summed E-state index contributed by atoms with van der Waals surface area (Å²) in [6.45, 7) is 3.85. The second kappa shape index (κ2) is 13.9. The van der Waals surface area contributed by atoms with E-state index in [1.807, 2.05) is 53.9 Å². The Bertz CT molecular complexity index is 2000. The Morgan fingerprint density at radius 1 is 1.06 bits per heavy atom. The molecule has 1 amide bonds. The number of likely N-dealkylation sites (tertiary alicyclic amines) is 1. The predicted molar refractivity (Wildman–Crippen MR) is 192 cm³/mol. The van der Waals surface area contributed by atoms with Crippen LogP contribution in [-0.4, -0.2) is 76.7 Å². The zero-order valence-corrected chi connectivity index (χ0v) is 29.7. The number of nitrogens with one attached hydrogen (secondary N) is 1. The number of imidazole rings is 1. The van der Waals surface area contributed by atoms with Gasteiger partial charge in [-0.3, -0.25) is 14.5 Å². The van der Waals surface area contributed by atoms with Crippen molar-refractivity contribution in [2.45, 2.75) is 38.9 Å². The summed E-state index contributed by atoms with van der Waals surface area (Å²) >= 11 is 13.7. The standard InChI is InChI=1S/C37H39Cl2FN6O4/c1-43-13-12-31-29(20-43)41-35(44(31)2)36(47)42-28-8-4-7-25(32(28)39)23-6-5-9-30-24(23)11-15-46(30)19-26-27(38)16-22(34(50-3)33(26)40)18-45-14-10-21(17-45)37(48)49/h4-9,16,21H,10-15,17-20H2,1-3H3,(H,42,47)(H,48,49). The van der Waals surface area contributed by atoms with Crippen LogP contribution in [0.5, 0.6) is 5.75 Å². The third-order valence-corrected chi connectivity index (χ3v) is 11.0. The Labute approximate surface area is 300 Å². The van der Waals surface area contributed by atoms with E-state index in [9.17, 15) is 14.7 Å². The van der Waals surface area contributed by atoms with E-state index in [1.54, 1.807) is 12.1 Å². The van der Waals surface area contributed by atoms with Crippen LogP contribution in [0.15, 0.2) is 42.5 Å². The van der Waals surface area contributed by atoms with Gasteiger partial charge in [0.05, 0.1) is 29.4 Å². The van der Waals surface area contributed by atoms with E-state index in [0.29, 0.717) is 78.2 Å². The summed E-state index contributed by atoms with van der Waals surface area (Å²) in [6, 6.07) is 13.3. The van der Waals surface area contributed by atoms with E-state index in [2.05, 4.69) is 20.1 Å². The van der Waals surface area contributed by atoms with Crippen LogP contribution in [0.3, 0.4) is 0 Å². The first kappa shape index (κ1) is 34.3. The van der Waals surface area contributed by atoms with Gasteiger partial charge in [-0.1, -0.05) is 47.5 Å². The molecule has 4 heterocycles. The molecule has 0 spiro atoms. The monoisotopic (exact) mass is 720 g/mol. The van der Waals surface area contributed by atoms with Crippen LogP contribution >= 0.6 is 23.2 Å². The highest BCUT2D eigenvalue weighted by molar-refractivity contribution is 6.36. The second-order valence-electron chi connectivity index (χ2n) is 13.4. The lowest BCUT2D eigenvalue weighted by Gasteiger charge is -2.24. The highest BCUT2D eigenvalue weighted by Crippen LogP contribution is 2.43. The average Bonchev–Trinajstić information content (AvgIpc) is 3.81. The van der Waals surface area contributed by atoms with Crippen LogP contribution in [0.1, 0.15) is 45.1 Å². The molecule has 0 saturated carbocycles. The SMILES string of the molecule is COc1c(CN2CCC(C(=O)O)C2)cc(Cl)c(CN2CCc3c(-c4cccc(NC(=O)c5nc6c(n5C)CCN(C)C6)c4Cl)cccc32)c1F. The molecule has 13 heteroatoms. The highest BCUT2D eigenvalue weighted by Gasteiger charge is 2.31. The fourth-order valence-electron chi connectivity index (χ4n) is 7.58. The van der Waals surface area contributed by atoms with Crippen LogP contribution in [0.4, 0.5) is 15.8 Å². The van der Waals surface area contributed by atoms with Crippen LogP contribution < -0.4 is 15.0 Å². The van der Waals surface area contributed by atoms with Crippen LogP contribution in [0.25, 0.3) is 11.1 Å². The lowest BCUT2D eigenvalue weighted by Crippen LogP contribution is -2.27. The van der Waals surface area contributed by atoms with Gasteiger partial charge in [-0.2, -0.15) is 0 Å². The summed E-state index contributed by atoms with van der Waals surface area (Å²) in [7, 11) is 5.35. The second-order valence-corrected chi connectivity index (χ2v) is 14.2. The molecule has 7 rings (SSSR count). The van der Waals surface area contributed by atoms with Crippen molar-refractivity contribution >= 4 is 46.5 Å². The van der Waals surface area contributed by atoms with Gasteiger partial charge in [0.2, 0.25) is 0 Å². The number of carbonyl (C=O) groups is 2. The maximum atomic E-state index is 16.1. The molecule has 0 aliphatic carbocycles. The van der Waals surface area contributed by atoms with Crippen molar-refractivity contribution in [1.29, 1.82) is 0 Å². The Morgan fingerprint density at radius 3 is 2.60 bits per heavy atom. The summed E-state index contributed by atoms with van der Waals surface area (Å²) in [4.78, 5) is 35.8. The van der Waals surface area contributed by atoms with Crippen molar-refractivity contribution in [2.75, 3.05) is 50.6 Å². The summed E-state index contributed by atoms with van der Waals surface area (Å²) in [5, 5.41) is 13.1. The average molecular weight is 722 g/mol. The number of aromatic nitrogens is 2. The van der Waals surface area contributed by atoms with Crippen molar-refractivity contribution in [2.24, 2.45) is 13.0 Å². The quantitative estimate of drug-likeness (QED) is 0.209. The summed E-state index contributed by atoms with van der Waals surface area (Å²) in [5.74, 6) is -1.61. The number of likely N-dealkylation sites (N-methyl/N-ethyl adjacent to an activating group) is 1. The zero-order valence-electron chi connectivity index (χ0n) is 28.2. The van der Waals surface area contributed by atoms with Crippen LogP contribution in [0, 0.1) is 11.7 Å². The molecular formula is C37H39Cl2FN6O4. The number of carboxylic acids is 1. The van der Waals surface area contributed by atoms with Crippen molar-refractivity contribution in [3.8, 4) is 16.9 Å². The molecule has 0 radical (unpaired) electrons. The van der Waals surface area contributed by atoms with Gasteiger partial charge < -0.3 is 29.5 Å². The molecule has 3 aliphatic rings. The zero-order chi connectivity index (χ0) is 35.3. The number of nitrogens with zero attached hydrogens (tertiary/aromatic N) is 5. The molecule has 1 aromatic heterocycles. The number of carbonyl (C=O) groups excluding carboxylic acids is 1. The Kier molecular flexibility index (Phi) is 9.51. The summed E-state index contributed by atoms with van der Waals surface area (Å²) < 4.78 is 23.5. The van der Waals surface area contributed by atoms with Gasteiger partial charge >= 0.3 is 5.97 Å². The number of ether oxygens (including phenoxy) is 1. The van der Waals surface area contributed by atoms with Gasteiger partial charge in [0.1, 0.15) is 0 Å². The van der Waals surface area contributed by atoms with Crippen molar-refractivity contribution in [3.05, 3.63) is 92.2 Å². The minimum atomic E-state index is -0.818. The molecule has 4 aromatic rings. The number of hydrogen-bond donors (Lipinski definition) is 2. The number of methoxy groups -OCH3 is 1. The molecule has 3 aromatic carbocycles. The third-order valence-electron chi connectivity index (χ3n) is 10.2. The topological polar surface area (TPSA) is 103 Å². The summed E-state index contributed by atoms with van der Waals surface area (Å²) in [5.41, 5.74) is 7.15. The Hall–Kier alpha value is -4.16. The van der Waals surface area contributed by atoms with Crippen LogP contribution in [-0.2, 0) is 44.3 Å². The maximum Gasteiger partial charge on any atom is 0.307 e. The number of halogens is 3. The van der Waals surface area contributed by atoms with E-state index < -0.39 is 17.7 Å².